The van der Waals surface area contributed by atoms with Crippen LogP contribution in [0.4, 0.5) is 9.59 Å². The van der Waals surface area contributed by atoms with Gasteiger partial charge in [0, 0.05) is 13.1 Å². The summed E-state index contributed by atoms with van der Waals surface area (Å²) in [4.78, 5) is 65.0. The Morgan fingerprint density at radius 1 is 0.625 bits per heavy atom. The number of ether oxygens (including phenoxy) is 2. The smallest absolute Gasteiger partial charge is 0.407 e. The maximum absolute atomic E-state index is 13.6. The molecule has 5 aromatic rings. The fraction of sp³-hybridized carbons (Fsp3) is 0.429. The number of amides is 4. The number of likely N-dealkylation sites (tertiary alicyclic amines) is 2. The highest BCUT2D eigenvalue weighted by molar-refractivity contribution is 7.19. The summed E-state index contributed by atoms with van der Waals surface area (Å²) >= 11 is 3.23. The quantitative estimate of drug-likeness (QED) is 0.144. The highest BCUT2D eigenvalue weighted by Crippen LogP contribution is 2.40. The third kappa shape index (κ3) is 7.94. The maximum atomic E-state index is 13.6. The average Bonchev–Trinajstić information content (AvgIpc) is 4.03. The lowest BCUT2D eigenvalue weighted by Crippen LogP contribution is -2.51. The van der Waals surface area contributed by atoms with E-state index < -0.39 is 24.3 Å². The number of alkyl carbamates (subject to hydrolysis) is 2. The van der Waals surface area contributed by atoms with Crippen LogP contribution < -0.4 is 10.6 Å². The summed E-state index contributed by atoms with van der Waals surface area (Å²) in [5.74, 6) is -0.406. The minimum atomic E-state index is -0.671. The molecule has 0 radical (unpaired) electrons. The first-order chi connectivity index (χ1) is 26.9. The van der Waals surface area contributed by atoms with Crippen molar-refractivity contribution in [3.05, 3.63) is 70.7 Å². The molecule has 0 saturated carbocycles. The van der Waals surface area contributed by atoms with Crippen molar-refractivity contribution >= 4 is 67.1 Å². The molecule has 2 aliphatic heterocycles. The fourth-order valence-electron chi connectivity index (χ4n) is 7.72. The van der Waals surface area contributed by atoms with Crippen molar-refractivity contribution in [2.45, 2.75) is 77.5 Å². The number of fused-ring (bicyclic) bond motifs is 2. The molecular weight excluding hydrogens is 749 g/mol. The lowest BCUT2D eigenvalue weighted by atomic mass is 10.00. The standard InChI is InChI=1S/C42H48N6O6S2/c1-23(2)35(45-41(51)53-5)39(49)47-19-7-9-31(47)37-43-29-21-27(15-17-33(29)55-37)25-11-13-26(14-12-25)28-16-18-34-30(22-28)44-38(56-34)32-10-8-20-48(32)40(50)36(24(3)4)46-42(52)54-6/h11-18,21-24,31-32,35-36H,7-10,19-20H2,1-6H3,(H,45,51)(H,46,52)/t31-,32-,35-,36-/m0/s1. The zero-order valence-electron chi connectivity index (χ0n) is 32.5. The van der Waals surface area contributed by atoms with E-state index in [0.717, 1.165) is 78.4 Å². The second kappa shape index (κ2) is 16.6. The van der Waals surface area contributed by atoms with Gasteiger partial charge in [0.25, 0.3) is 0 Å². The van der Waals surface area contributed by atoms with E-state index in [1.807, 2.05) is 37.5 Å². The zero-order chi connectivity index (χ0) is 39.7. The van der Waals surface area contributed by atoms with Crippen molar-refractivity contribution in [1.82, 2.24) is 30.4 Å². The number of hydrogen-bond acceptors (Lipinski definition) is 10. The predicted molar refractivity (Wildman–Crippen MR) is 219 cm³/mol. The van der Waals surface area contributed by atoms with Crippen LogP contribution in [0.5, 0.6) is 0 Å². The number of carbonyl (C=O) groups excluding carboxylic acids is 4. The first-order valence-electron chi connectivity index (χ1n) is 19.2. The molecule has 4 atom stereocenters. The van der Waals surface area contributed by atoms with Crippen LogP contribution in [-0.4, -0.2) is 83.2 Å². The van der Waals surface area contributed by atoms with Crippen LogP contribution in [0, 0.1) is 11.8 Å². The topological polar surface area (TPSA) is 143 Å². The first-order valence-corrected chi connectivity index (χ1v) is 20.8. The predicted octanol–water partition coefficient (Wildman–Crippen LogP) is 8.33. The molecule has 4 amide bonds. The van der Waals surface area contributed by atoms with Gasteiger partial charge < -0.3 is 29.9 Å². The number of nitrogens with zero attached hydrogens (tertiary/aromatic N) is 4. The van der Waals surface area contributed by atoms with E-state index in [-0.39, 0.29) is 35.7 Å². The summed E-state index contributed by atoms with van der Waals surface area (Å²) in [5, 5.41) is 7.25. The molecular formula is C42H48N6O6S2. The summed E-state index contributed by atoms with van der Waals surface area (Å²) in [6.07, 6.45) is 2.17. The minimum Gasteiger partial charge on any atom is -0.453 e. The fourth-order valence-corrected chi connectivity index (χ4v) is 9.91. The highest BCUT2D eigenvalue weighted by atomic mass is 32.1. The molecule has 294 valence electrons. The molecule has 0 unspecified atom stereocenters. The van der Waals surface area contributed by atoms with E-state index in [9.17, 15) is 19.2 Å². The Morgan fingerprint density at radius 2 is 1.00 bits per heavy atom. The molecule has 12 nitrogen and oxygen atoms in total. The number of carbonyl (C=O) groups is 4. The molecule has 2 fully saturated rings. The van der Waals surface area contributed by atoms with Crippen molar-refractivity contribution in [1.29, 1.82) is 0 Å². The van der Waals surface area contributed by atoms with E-state index >= 15 is 0 Å². The Balaban J connectivity index is 1.06. The minimum absolute atomic E-state index is 0.0929. The first kappa shape index (κ1) is 39.2. The number of methoxy groups -OCH3 is 2. The van der Waals surface area contributed by atoms with Crippen LogP contribution in [0.25, 0.3) is 42.7 Å². The Kier molecular flexibility index (Phi) is 11.6. The van der Waals surface area contributed by atoms with E-state index in [1.54, 1.807) is 22.7 Å². The van der Waals surface area contributed by atoms with Crippen LogP contribution >= 0.6 is 22.7 Å². The maximum Gasteiger partial charge on any atom is 0.407 e. The van der Waals surface area contributed by atoms with E-state index in [2.05, 4.69) is 71.3 Å². The molecule has 0 spiro atoms. The molecule has 0 aliphatic carbocycles. The van der Waals surface area contributed by atoms with Gasteiger partial charge in [0.15, 0.2) is 0 Å². The van der Waals surface area contributed by atoms with Crippen molar-refractivity contribution in [2.75, 3.05) is 27.3 Å². The van der Waals surface area contributed by atoms with Crippen LogP contribution in [0.1, 0.15) is 75.5 Å². The molecule has 2 N–H and O–H groups in total. The third-order valence-corrected chi connectivity index (χ3v) is 13.1. The van der Waals surface area contributed by atoms with Gasteiger partial charge in [0.2, 0.25) is 11.8 Å². The van der Waals surface area contributed by atoms with Crippen LogP contribution in [-0.2, 0) is 19.1 Å². The molecule has 2 aliphatic rings. The van der Waals surface area contributed by atoms with Gasteiger partial charge in [-0.3, -0.25) is 9.59 Å². The largest absolute Gasteiger partial charge is 0.453 e. The summed E-state index contributed by atoms with van der Waals surface area (Å²) in [5.41, 5.74) is 6.04. The van der Waals surface area contributed by atoms with Gasteiger partial charge in [0.05, 0.1) is 46.7 Å². The van der Waals surface area contributed by atoms with E-state index in [0.29, 0.717) is 13.1 Å². The van der Waals surface area contributed by atoms with Gasteiger partial charge in [-0.05, 0) is 84.0 Å². The van der Waals surface area contributed by atoms with Gasteiger partial charge in [-0.1, -0.05) is 64.1 Å². The summed E-state index contributed by atoms with van der Waals surface area (Å²) in [6.45, 7) is 8.91. The van der Waals surface area contributed by atoms with Crippen molar-refractivity contribution in [2.24, 2.45) is 11.8 Å². The second-order valence-electron chi connectivity index (χ2n) is 15.1. The number of hydrogen-bond donors (Lipinski definition) is 2. The highest BCUT2D eigenvalue weighted by Gasteiger charge is 2.39. The Hall–Kier alpha value is -5.08. The number of rotatable bonds is 10. The van der Waals surface area contributed by atoms with Gasteiger partial charge in [-0.25, -0.2) is 19.6 Å². The monoisotopic (exact) mass is 796 g/mol. The van der Waals surface area contributed by atoms with Crippen LogP contribution in [0.3, 0.4) is 0 Å². The second-order valence-corrected chi connectivity index (χ2v) is 17.3. The molecule has 56 heavy (non-hydrogen) atoms. The summed E-state index contributed by atoms with van der Waals surface area (Å²) in [6, 6.07) is 19.5. The van der Waals surface area contributed by atoms with Gasteiger partial charge >= 0.3 is 12.2 Å². The molecule has 7 rings (SSSR count). The molecule has 0 bridgehead atoms. The Bertz CT molecular complexity index is 2090. The van der Waals surface area contributed by atoms with Crippen molar-refractivity contribution in [3.63, 3.8) is 0 Å². The number of aromatic nitrogens is 2. The van der Waals surface area contributed by atoms with Crippen molar-refractivity contribution < 1.29 is 28.7 Å². The van der Waals surface area contributed by atoms with E-state index in [1.165, 1.54) is 14.2 Å². The third-order valence-electron chi connectivity index (χ3n) is 10.8. The average molecular weight is 797 g/mol. The lowest BCUT2D eigenvalue weighted by Gasteiger charge is -2.29. The number of thiazole rings is 2. The molecule has 2 saturated heterocycles. The molecule has 3 aromatic carbocycles. The Morgan fingerprint density at radius 3 is 1.36 bits per heavy atom. The number of benzene rings is 3. The van der Waals surface area contributed by atoms with Gasteiger partial charge in [0.1, 0.15) is 22.1 Å². The SMILES string of the molecule is COC(=O)N[C@H](C(=O)N1CCC[C@H]1c1nc2cc(-c3ccc(-c4ccc5sc([C@@H]6CCCN6C(=O)[C@@H](NC(=O)OC)C(C)C)nc5c4)cc3)ccc2s1)C(C)C. The zero-order valence-corrected chi connectivity index (χ0v) is 34.2. The lowest BCUT2D eigenvalue weighted by molar-refractivity contribution is -0.136. The van der Waals surface area contributed by atoms with Crippen LogP contribution in [0.15, 0.2) is 60.7 Å². The normalized spacial score (nSPS) is 18.1. The van der Waals surface area contributed by atoms with Gasteiger partial charge in [-0.15, -0.1) is 22.7 Å². The number of nitrogens with one attached hydrogen (secondary N) is 2. The molecule has 14 heteroatoms. The van der Waals surface area contributed by atoms with Gasteiger partial charge in [-0.2, -0.15) is 0 Å². The van der Waals surface area contributed by atoms with Crippen LogP contribution in [0.2, 0.25) is 0 Å². The van der Waals surface area contributed by atoms with Crippen molar-refractivity contribution in [3.8, 4) is 22.3 Å². The van der Waals surface area contributed by atoms with E-state index in [4.69, 9.17) is 19.4 Å². The molecule has 2 aromatic heterocycles. The summed E-state index contributed by atoms with van der Waals surface area (Å²) in [7, 11) is 2.60. The Labute approximate surface area is 334 Å². The summed E-state index contributed by atoms with van der Waals surface area (Å²) < 4.78 is 11.7. The molecule has 4 heterocycles.